The summed E-state index contributed by atoms with van der Waals surface area (Å²) in [6.07, 6.45) is 11.3. The van der Waals surface area contributed by atoms with Gasteiger partial charge in [-0.3, -0.25) is 28.8 Å². The van der Waals surface area contributed by atoms with E-state index in [0.717, 1.165) is 77.9 Å². The molecule has 5 fully saturated rings. The standard InChI is InChI=1S/C47H58N2O12.2BrH/c1-26(50)56-40-15-7-30(17-42(40)58-28(3)52)24-48(5)34-11-12-35(48)21-38(20-34)60-46(54)44-32-9-10-33(19-32)45(44)47(55)61-39-22-36-13-14-37(23-39)49(36,6)25-31-8-16-41(57-27(2)51)43(18-31)59-29(4)53;;/h7-10,15-18,32-39,44-45H,11-14,19-25H2,1-6H3;2*1H/q+2;;/p-2. The normalized spacial score (nSPS) is 33.0. The number of carbonyl (C=O) groups excluding carboxylic acids is 6. The summed E-state index contributed by atoms with van der Waals surface area (Å²) in [5, 5.41) is 0. The van der Waals surface area contributed by atoms with E-state index in [0.29, 0.717) is 13.1 Å². The summed E-state index contributed by atoms with van der Waals surface area (Å²) in [6, 6.07) is 11.7. The van der Waals surface area contributed by atoms with Gasteiger partial charge in [0, 0.05) is 90.2 Å². The van der Waals surface area contributed by atoms with Gasteiger partial charge in [-0.2, -0.15) is 0 Å². The van der Waals surface area contributed by atoms with E-state index in [4.69, 9.17) is 28.4 Å². The van der Waals surface area contributed by atoms with Crippen LogP contribution in [0.3, 0.4) is 0 Å². The van der Waals surface area contributed by atoms with Gasteiger partial charge < -0.3 is 71.4 Å². The predicted molar refractivity (Wildman–Crippen MR) is 217 cm³/mol. The molecule has 8 atom stereocenters. The molecule has 342 valence electrons. The molecule has 6 bridgehead atoms. The van der Waals surface area contributed by atoms with Gasteiger partial charge in [-0.05, 0) is 54.7 Å². The van der Waals surface area contributed by atoms with Gasteiger partial charge in [0.1, 0.15) is 25.3 Å². The Morgan fingerprint density at radius 1 is 0.492 bits per heavy atom. The molecule has 2 aromatic rings. The van der Waals surface area contributed by atoms with E-state index in [1.165, 1.54) is 27.7 Å². The molecule has 0 amide bonds. The molecular formula is C47H58Br2N2O12. The highest BCUT2D eigenvalue weighted by Gasteiger charge is 2.58. The van der Waals surface area contributed by atoms with Crippen molar-refractivity contribution < 1.29 is 100 Å². The number of benzene rings is 2. The zero-order valence-corrected chi connectivity index (χ0v) is 39.9. The van der Waals surface area contributed by atoms with Crippen LogP contribution in [0.4, 0.5) is 0 Å². The van der Waals surface area contributed by atoms with E-state index in [1.807, 2.05) is 12.1 Å². The maximum atomic E-state index is 14.2. The Bertz CT molecular complexity index is 1990. The van der Waals surface area contributed by atoms with Crippen molar-refractivity contribution in [1.82, 2.24) is 0 Å². The van der Waals surface area contributed by atoms with Gasteiger partial charge in [0.15, 0.2) is 23.0 Å². The van der Waals surface area contributed by atoms with Crippen molar-refractivity contribution in [3.63, 3.8) is 0 Å². The first kappa shape index (κ1) is 48.3. The number of piperidine rings is 2. The highest BCUT2D eigenvalue weighted by molar-refractivity contribution is 5.85. The Morgan fingerprint density at radius 3 is 1.13 bits per heavy atom. The number of rotatable bonds is 12. The largest absolute Gasteiger partial charge is 1.00 e. The zero-order valence-electron chi connectivity index (χ0n) is 36.7. The van der Waals surface area contributed by atoms with Gasteiger partial charge in [-0.15, -0.1) is 0 Å². The molecule has 14 nitrogen and oxygen atoms in total. The fourth-order valence-electron chi connectivity index (χ4n) is 12.1. The molecule has 63 heavy (non-hydrogen) atoms. The van der Waals surface area contributed by atoms with Crippen LogP contribution in [0.15, 0.2) is 48.6 Å². The molecule has 8 rings (SSSR count). The minimum atomic E-state index is -0.568. The Hall–Kier alpha value is -4.12. The fourth-order valence-corrected chi connectivity index (χ4v) is 12.1. The molecule has 4 heterocycles. The summed E-state index contributed by atoms with van der Waals surface area (Å²) in [6.45, 7) is 6.58. The van der Waals surface area contributed by atoms with Crippen molar-refractivity contribution in [3.05, 3.63) is 59.7 Å². The van der Waals surface area contributed by atoms with Crippen molar-refractivity contribution in [2.24, 2.45) is 23.7 Å². The van der Waals surface area contributed by atoms with Crippen molar-refractivity contribution >= 4 is 35.8 Å². The second-order valence-corrected chi connectivity index (χ2v) is 18.8. The van der Waals surface area contributed by atoms with Crippen molar-refractivity contribution in [1.29, 1.82) is 0 Å². The number of nitrogens with zero attached hydrogens (tertiary/aromatic N) is 2. The maximum absolute atomic E-state index is 14.2. The summed E-state index contributed by atoms with van der Waals surface area (Å²) in [5.74, 6) is -3.03. The molecule has 1 saturated carbocycles. The number of quaternary nitrogens is 2. The minimum Gasteiger partial charge on any atom is -1.00 e. The Labute approximate surface area is 389 Å². The first-order valence-corrected chi connectivity index (χ1v) is 21.8. The highest BCUT2D eigenvalue weighted by atomic mass is 79.9. The van der Waals surface area contributed by atoms with Crippen LogP contribution in [0.5, 0.6) is 23.0 Å². The van der Waals surface area contributed by atoms with Gasteiger partial charge in [0.05, 0.1) is 50.1 Å². The lowest BCUT2D eigenvalue weighted by molar-refractivity contribution is -0.961. The van der Waals surface area contributed by atoms with E-state index in [1.54, 1.807) is 24.3 Å². The fraction of sp³-hybridized carbons (Fsp3) is 0.574. The van der Waals surface area contributed by atoms with Gasteiger partial charge in [0.2, 0.25) is 0 Å². The summed E-state index contributed by atoms with van der Waals surface area (Å²) in [7, 11) is 4.48. The molecule has 2 aromatic carbocycles. The van der Waals surface area contributed by atoms with Crippen LogP contribution in [-0.2, 0) is 51.3 Å². The molecule has 0 aromatic heterocycles. The maximum Gasteiger partial charge on any atom is 0.310 e. The molecule has 2 aliphatic carbocycles. The van der Waals surface area contributed by atoms with Crippen LogP contribution in [0.2, 0.25) is 0 Å². The first-order chi connectivity index (χ1) is 29.0. The third-order valence-electron chi connectivity index (χ3n) is 14.8. The lowest BCUT2D eigenvalue weighted by Gasteiger charge is -2.47. The topological polar surface area (TPSA) is 158 Å². The number of fused-ring (bicyclic) bond motifs is 6. The van der Waals surface area contributed by atoms with Crippen molar-refractivity contribution in [3.8, 4) is 23.0 Å². The van der Waals surface area contributed by atoms with Crippen LogP contribution in [0.25, 0.3) is 0 Å². The van der Waals surface area contributed by atoms with Crippen LogP contribution < -0.4 is 52.9 Å². The van der Waals surface area contributed by atoms with Crippen molar-refractivity contribution in [2.75, 3.05) is 14.1 Å². The number of halogens is 2. The molecule has 4 saturated heterocycles. The molecule has 16 heteroatoms. The monoisotopic (exact) mass is 1000 g/mol. The summed E-state index contributed by atoms with van der Waals surface area (Å²) in [5.41, 5.74) is 1.91. The lowest BCUT2D eigenvalue weighted by atomic mass is 9.82. The molecule has 0 radical (unpaired) electrons. The Balaban J connectivity index is 0.00000330. The van der Waals surface area contributed by atoms with Gasteiger partial charge in [0.25, 0.3) is 0 Å². The zero-order chi connectivity index (χ0) is 43.4. The third kappa shape index (κ3) is 9.93. The van der Waals surface area contributed by atoms with Gasteiger partial charge in [-0.25, -0.2) is 0 Å². The average Bonchev–Trinajstić information content (AvgIpc) is 3.84. The number of ether oxygens (including phenoxy) is 6. The van der Waals surface area contributed by atoms with Gasteiger partial charge >= 0.3 is 35.8 Å². The van der Waals surface area contributed by atoms with E-state index in [2.05, 4.69) is 26.2 Å². The summed E-state index contributed by atoms with van der Waals surface area (Å²) < 4.78 is 35.6. The third-order valence-corrected chi connectivity index (χ3v) is 14.8. The van der Waals surface area contributed by atoms with E-state index in [9.17, 15) is 28.8 Å². The van der Waals surface area contributed by atoms with Crippen LogP contribution >= 0.6 is 0 Å². The van der Waals surface area contributed by atoms with E-state index < -0.39 is 35.7 Å². The van der Waals surface area contributed by atoms with Crippen LogP contribution in [-0.4, -0.2) is 95.3 Å². The molecule has 4 aliphatic heterocycles. The second-order valence-electron chi connectivity index (χ2n) is 18.8. The first-order valence-electron chi connectivity index (χ1n) is 21.8. The lowest BCUT2D eigenvalue weighted by Crippen LogP contribution is -3.00. The number of carbonyl (C=O) groups is 6. The molecule has 6 aliphatic rings. The molecule has 0 spiro atoms. The summed E-state index contributed by atoms with van der Waals surface area (Å²) in [4.78, 5) is 75.3. The number of hydrogen-bond donors (Lipinski definition) is 0. The Kier molecular flexibility index (Phi) is 14.7. The van der Waals surface area contributed by atoms with E-state index >= 15 is 0 Å². The summed E-state index contributed by atoms with van der Waals surface area (Å²) >= 11 is 0. The average molecular weight is 1000 g/mol. The molecule has 0 N–H and O–H groups in total. The second kappa shape index (κ2) is 19.2. The van der Waals surface area contributed by atoms with Gasteiger partial charge in [-0.1, -0.05) is 12.2 Å². The van der Waals surface area contributed by atoms with Crippen molar-refractivity contribution in [2.45, 2.75) is 135 Å². The number of hydrogen-bond acceptors (Lipinski definition) is 12. The highest BCUT2D eigenvalue weighted by Crippen LogP contribution is 2.51. The quantitative estimate of drug-likeness (QED) is 0.121. The number of allylic oxidation sites excluding steroid dienone is 2. The van der Waals surface area contributed by atoms with Crippen LogP contribution in [0, 0.1) is 23.7 Å². The number of esters is 6. The van der Waals surface area contributed by atoms with E-state index in [-0.39, 0.29) is 117 Å². The minimum absolute atomic E-state index is 0. The smallest absolute Gasteiger partial charge is 0.310 e. The SMILES string of the molecule is CC(=O)Oc1ccc(C[N+]2(C)C3CCC2CC(OC(=O)C2C4C=CC(C4)C2C(=O)OC2CC4CCC(C2)[N+]4(C)Cc2ccc(OC(C)=O)c(OC(C)=O)c2)C3)cc1OC(C)=O.[Br-].[Br-]. The Morgan fingerprint density at radius 2 is 0.810 bits per heavy atom. The van der Waals surface area contributed by atoms with Crippen LogP contribution in [0.1, 0.15) is 96.6 Å². The molecule has 8 unspecified atom stereocenters. The molecular weight excluding hydrogens is 944 g/mol. The predicted octanol–water partition coefficient (Wildman–Crippen LogP) is -0.0993.